The van der Waals surface area contributed by atoms with Crippen LogP contribution in [0.2, 0.25) is 0 Å². The molecule has 3 rings (SSSR count). The zero-order valence-electron chi connectivity index (χ0n) is 15.7. The highest BCUT2D eigenvalue weighted by Gasteiger charge is 2.26. The topological polar surface area (TPSA) is 78.5 Å². The monoisotopic (exact) mass is 465 g/mol. The van der Waals surface area contributed by atoms with Crippen molar-refractivity contribution >= 4 is 43.2 Å². The number of carbonyl (C=O) groups excluding carboxylic acids is 1. The van der Waals surface area contributed by atoms with Gasteiger partial charge in [-0.1, -0.05) is 28.4 Å². The zero-order chi connectivity index (χ0) is 20.1. The standard InChI is InChI=1S/C20H24BrN3O3S/c1-15-5-10-18(28(26,27)24-11-3-2-4-12-24)13-19(15)22-14-20(25)23-17-8-6-16(21)7-9-17/h5-10,13,22H,2-4,11-12,14H2,1H3,(H,23,25). The van der Waals surface area contributed by atoms with Crippen molar-refractivity contribution in [1.82, 2.24) is 4.31 Å². The second kappa shape index (κ2) is 9.07. The van der Waals surface area contributed by atoms with E-state index in [9.17, 15) is 13.2 Å². The third-order valence-corrected chi connectivity index (χ3v) is 7.15. The number of nitrogens with zero attached hydrogens (tertiary/aromatic N) is 1. The van der Waals surface area contributed by atoms with Crippen molar-refractivity contribution in [2.24, 2.45) is 0 Å². The summed E-state index contributed by atoms with van der Waals surface area (Å²) in [6, 6.07) is 12.3. The Hall–Kier alpha value is -1.90. The predicted octanol–water partition coefficient (Wildman–Crippen LogP) is 3.98. The van der Waals surface area contributed by atoms with Gasteiger partial charge in [-0.3, -0.25) is 4.79 Å². The number of sulfonamides is 1. The molecule has 2 N–H and O–H groups in total. The molecule has 2 aromatic carbocycles. The number of nitrogens with one attached hydrogen (secondary N) is 2. The Balaban J connectivity index is 1.67. The van der Waals surface area contributed by atoms with Crippen LogP contribution in [0.15, 0.2) is 51.8 Å². The maximum atomic E-state index is 12.9. The molecule has 0 aromatic heterocycles. The van der Waals surface area contributed by atoms with E-state index >= 15 is 0 Å². The second-order valence-electron chi connectivity index (χ2n) is 6.85. The Kier molecular flexibility index (Phi) is 6.74. The van der Waals surface area contributed by atoms with Crippen LogP contribution in [-0.4, -0.2) is 38.3 Å². The normalized spacial score (nSPS) is 15.2. The summed E-state index contributed by atoms with van der Waals surface area (Å²) in [7, 11) is -3.50. The molecule has 0 saturated carbocycles. The van der Waals surface area contributed by atoms with E-state index in [2.05, 4.69) is 26.6 Å². The van der Waals surface area contributed by atoms with Crippen LogP contribution in [0.4, 0.5) is 11.4 Å². The van der Waals surface area contributed by atoms with Crippen LogP contribution in [0.25, 0.3) is 0 Å². The van der Waals surface area contributed by atoms with Crippen LogP contribution in [0.1, 0.15) is 24.8 Å². The van der Waals surface area contributed by atoms with E-state index < -0.39 is 10.0 Å². The van der Waals surface area contributed by atoms with Crippen LogP contribution >= 0.6 is 15.9 Å². The fourth-order valence-electron chi connectivity index (χ4n) is 3.12. The number of aryl methyl sites for hydroxylation is 1. The molecular formula is C20H24BrN3O3S. The van der Waals surface area contributed by atoms with Gasteiger partial charge in [-0.25, -0.2) is 8.42 Å². The van der Waals surface area contributed by atoms with Gasteiger partial charge in [0.15, 0.2) is 0 Å². The number of hydrogen-bond acceptors (Lipinski definition) is 4. The van der Waals surface area contributed by atoms with Crippen molar-refractivity contribution in [3.8, 4) is 0 Å². The van der Waals surface area contributed by atoms with Crippen molar-refractivity contribution in [2.75, 3.05) is 30.3 Å². The van der Waals surface area contributed by atoms with Crippen molar-refractivity contribution < 1.29 is 13.2 Å². The van der Waals surface area contributed by atoms with Gasteiger partial charge in [0.05, 0.1) is 11.4 Å². The number of benzene rings is 2. The van der Waals surface area contributed by atoms with E-state index in [0.29, 0.717) is 24.5 Å². The first-order valence-electron chi connectivity index (χ1n) is 9.26. The van der Waals surface area contributed by atoms with Gasteiger partial charge in [-0.2, -0.15) is 4.31 Å². The molecule has 0 bridgehead atoms. The summed E-state index contributed by atoms with van der Waals surface area (Å²) in [6.07, 6.45) is 2.86. The molecular weight excluding hydrogens is 442 g/mol. The largest absolute Gasteiger partial charge is 0.376 e. The van der Waals surface area contributed by atoms with E-state index in [1.165, 1.54) is 0 Å². The molecule has 0 spiro atoms. The average Bonchev–Trinajstić information content (AvgIpc) is 2.69. The van der Waals surface area contributed by atoms with Crippen molar-refractivity contribution in [3.05, 3.63) is 52.5 Å². The number of amides is 1. The maximum Gasteiger partial charge on any atom is 0.243 e. The first-order valence-corrected chi connectivity index (χ1v) is 11.5. The Labute approximate surface area is 174 Å². The van der Waals surface area contributed by atoms with Gasteiger partial charge in [0.1, 0.15) is 0 Å². The Morgan fingerprint density at radius 3 is 2.43 bits per heavy atom. The molecule has 1 fully saturated rings. The zero-order valence-corrected chi connectivity index (χ0v) is 18.1. The summed E-state index contributed by atoms with van der Waals surface area (Å²) in [4.78, 5) is 12.5. The van der Waals surface area contributed by atoms with E-state index in [-0.39, 0.29) is 17.3 Å². The minimum Gasteiger partial charge on any atom is -0.376 e. The molecule has 1 aliphatic heterocycles. The summed E-state index contributed by atoms with van der Waals surface area (Å²) in [5, 5.41) is 5.86. The molecule has 2 aromatic rings. The molecule has 0 radical (unpaired) electrons. The number of piperidine rings is 1. The van der Waals surface area contributed by atoms with Gasteiger partial charge >= 0.3 is 0 Å². The number of rotatable bonds is 6. The highest BCUT2D eigenvalue weighted by atomic mass is 79.9. The van der Waals surface area contributed by atoms with Gasteiger partial charge in [0, 0.05) is 28.9 Å². The smallest absolute Gasteiger partial charge is 0.243 e. The molecule has 1 heterocycles. The molecule has 0 atom stereocenters. The molecule has 1 aliphatic rings. The molecule has 1 amide bonds. The van der Waals surface area contributed by atoms with Crippen LogP contribution in [0.3, 0.4) is 0 Å². The summed E-state index contributed by atoms with van der Waals surface area (Å²) < 4.78 is 28.2. The van der Waals surface area contributed by atoms with Crippen LogP contribution in [0, 0.1) is 6.92 Å². The minimum atomic E-state index is -3.50. The van der Waals surface area contributed by atoms with Crippen LogP contribution < -0.4 is 10.6 Å². The molecule has 150 valence electrons. The first kappa shape index (κ1) is 20.8. The predicted molar refractivity (Wildman–Crippen MR) is 115 cm³/mol. The minimum absolute atomic E-state index is 0.0458. The van der Waals surface area contributed by atoms with Crippen LogP contribution in [-0.2, 0) is 14.8 Å². The van der Waals surface area contributed by atoms with Gasteiger partial charge in [0.2, 0.25) is 15.9 Å². The lowest BCUT2D eigenvalue weighted by atomic mass is 10.2. The van der Waals surface area contributed by atoms with Gasteiger partial charge in [0.25, 0.3) is 0 Å². The summed E-state index contributed by atoms with van der Waals surface area (Å²) in [6.45, 7) is 3.06. The van der Waals surface area contributed by atoms with E-state index in [0.717, 1.165) is 29.3 Å². The average molecular weight is 466 g/mol. The third kappa shape index (κ3) is 5.12. The Morgan fingerprint density at radius 1 is 1.07 bits per heavy atom. The fraction of sp³-hybridized carbons (Fsp3) is 0.350. The molecule has 28 heavy (non-hydrogen) atoms. The van der Waals surface area contributed by atoms with Crippen molar-refractivity contribution in [1.29, 1.82) is 0 Å². The molecule has 0 aliphatic carbocycles. The number of anilines is 2. The SMILES string of the molecule is Cc1ccc(S(=O)(=O)N2CCCCC2)cc1NCC(=O)Nc1ccc(Br)cc1. The molecule has 6 nitrogen and oxygen atoms in total. The summed E-state index contributed by atoms with van der Waals surface area (Å²) in [5.74, 6) is -0.203. The van der Waals surface area contributed by atoms with Crippen molar-refractivity contribution in [2.45, 2.75) is 31.1 Å². The van der Waals surface area contributed by atoms with E-state index in [1.54, 1.807) is 34.6 Å². The lowest BCUT2D eigenvalue weighted by molar-refractivity contribution is -0.114. The molecule has 0 unspecified atom stereocenters. The number of carbonyl (C=O) groups is 1. The van der Waals surface area contributed by atoms with Gasteiger partial charge in [-0.05, 0) is 61.7 Å². The summed E-state index contributed by atoms with van der Waals surface area (Å²) >= 11 is 3.35. The van der Waals surface area contributed by atoms with E-state index in [1.807, 2.05) is 19.1 Å². The Bertz CT molecular complexity index is 940. The molecule has 1 saturated heterocycles. The lowest BCUT2D eigenvalue weighted by Crippen LogP contribution is -2.35. The number of hydrogen-bond donors (Lipinski definition) is 2. The molecule has 8 heteroatoms. The highest BCUT2D eigenvalue weighted by molar-refractivity contribution is 9.10. The fourth-order valence-corrected chi connectivity index (χ4v) is 4.93. The van der Waals surface area contributed by atoms with Gasteiger partial charge in [-0.15, -0.1) is 0 Å². The Morgan fingerprint density at radius 2 is 1.75 bits per heavy atom. The second-order valence-corrected chi connectivity index (χ2v) is 9.70. The highest BCUT2D eigenvalue weighted by Crippen LogP contribution is 2.25. The lowest BCUT2D eigenvalue weighted by Gasteiger charge is -2.26. The third-order valence-electron chi connectivity index (χ3n) is 4.73. The quantitative estimate of drug-likeness (QED) is 0.675. The maximum absolute atomic E-state index is 12.9. The summed E-state index contributed by atoms with van der Waals surface area (Å²) in [5.41, 5.74) is 2.23. The van der Waals surface area contributed by atoms with Gasteiger partial charge < -0.3 is 10.6 Å². The van der Waals surface area contributed by atoms with E-state index in [4.69, 9.17) is 0 Å². The van der Waals surface area contributed by atoms with Crippen LogP contribution in [0.5, 0.6) is 0 Å². The van der Waals surface area contributed by atoms with Crippen molar-refractivity contribution in [3.63, 3.8) is 0 Å². The first-order chi connectivity index (χ1) is 13.4. The number of halogens is 1.